The van der Waals surface area contributed by atoms with Crippen molar-refractivity contribution in [3.8, 4) is 0 Å². The van der Waals surface area contributed by atoms with E-state index >= 15 is 0 Å². The minimum absolute atomic E-state index is 0.0588. The zero-order valence-corrected chi connectivity index (χ0v) is 13.9. The van der Waals surface area contributed by atoms with Crippen molar-refractivity contribution in [1.82, 2.24) is 14.2 Å². The maximum atomic E-state index is 11.7. The lowest BCUT2D eigenvalue weighted by Gasteiger charge is -2.07. The predicted molar refractivity (Wildman–Crippen MR) is 84.4 cm³/mol. The Balaban J connectivity index is 1.94. The monoisotopic (exact) mass is 329 g/mol. The van der Waals surface area contributed by atoms with Crippen molar-refractivity contribution >= 4 is 32.2 Å². The van der Waals surface area contributed by atoms with Gasteiger partial charge in [0.2, 0.25) is 0 Å². The van der Waals surface area contributed by atoms with Crippen molar-refractivity contribution in [2.75, 3.05) is 23.9 Å². The van der Waals surface area contributed by atoms with Crippen LogP contribution in [0.15, 0.2) is 11.0 Å². The Morgan fingerprint density at radius 3 is 2.71 bits per heavy atom. The van der Waals surface area contributed by atoms with Gasteiger partial charge in [0, 0.05) is 25.0 Å². The van der Waals surface area contributed by atoms with E-state index in [9.17, 15) is 8.42 Å². The second kappa shape index (κ2) is 6.02. The first-order valence-electron chi connectivity index (χ1n) is 6.49. The van der Waals surface area contributed by atoms with Crippen LogP contribution in [0.2, 0.25) is 0 Å². The molecule has 0 bridgehead atoms. The van der Waals surface area contributed by atoms with Gasteiger partial charge in [0.1, 0.15) is 9.90 Å². The molecule has 0 saturated heterocycles. The highest BCUT2D eigenvalue weighted by atomic mass is 32.2. The molecule has 9 heteroatoms. The summed E-state index contributed by atoms with van der Waals surface area (Å²) in [5, 5.41) is 7.97. The van der Waals surface area contributed by atoms with Gasteiger partial charge >= 0.3 is 0 Å². The minimum Gasteiger partial charge on any atom is -0.382 e. The molecular formula is C12H19N5O2S2. The molecule has 2 aromatic heterocycles. The first-order valence-corrected chi connectivity index (χ1v) is 9.15. The molecule has 0 radical (unpaired) electrons. The van der Waals surface area contributed by atoms with E-state index in [2.05, 4.69) is 14.8 Å². The molecule has 0 atom stereocenters. The van der Waals surface area contributed by atoms with Crippen LogP contribution >= 0.6 is 11.5 Å². The number of sulfone groups is 1. The van der Waals surface area contributed by atoms with Crippen molar-refractivity contribution in [2.45, 2.75) is 31.7 Å². The molecule has 0 aliphatic rings. The summed E-state index contributed by atoms with van der Waals surface area (Å²) < 4.78 is 29.2. The number of anilines is 2. The Morgan fingerprint density at radius 2 is 2.14 bits per heavy atom. The molecule has 0 aliphatic carbocycles. The average molecular weight is 329 g/mol. The van der Waals surface area contributed by atoms with Crippen molar-refractivity contribution in [1.29, 1.82) is 0 Å². The Bertz CT molecular complexity index is 733. The third kappa shape index (κ3) is 3.73. The first kappa shape index (κ1) is 15.8. The molecule has 0 aliphatic heterocycles. The molecule has 0 unspecified atom stereocenters. The lowest BCUT2D eigenvalue weighted by molar-refractivity contribution is 0.573. The molecule has 116 valence electrons. The Hall–Kier alpha value is -1.61. The molecule has 2 rings (SSSR count). The van der Waals surface area contributed by atoms with E-state index in [1.54, 1.807) is 0 Å². The Morgan fingerprint density at radius 1 is 1.43 bits per heavy atom. The van der Waals surface area contributed by atoms with E-state index < -0.39 is 9.84 Å². The lowest BCUT2D eigenvalue weighted by atomic mass is 10.4. The topological polar surface area (TPSA) is 103 Å². The van der Waals surface area contributed by atoms with Gasteiger partial charge in [0.15, 0.2) is 15.7 Å². The maximum Gasteiger partial charge on any atom is 0.182 e. The van der Waals surface area contributed by atoms with Crippen LogP contribution in [-0.2, 0) is 16.4 Å². The van der Waals surface area contributed by atoms with Crippen molar-refractivity contribution in [2.24, 2.45) is 0 Å². The van der Waals surface area contributed by atoms with Crippen LogP contribution in [0.3, 0.4) is 0 Å². The predicted octanol–water partition coefficient (Wildman–Crippen LogP) is 1.44. The first-order chi connectivity index (χ1) is 9.79. The normalized spacial score (nSPS) is 11.8. The van der Waals surface area contributed by atoms with Crippen LogP contribution in [-0.4, -0.2) is 35.4 Å². The van der Waals surface area contributed by atoms with Crippen molar-refractivity contribution in [3.05, 3.63) is 17.5 Å². The van der Waals surface area contributed by atoms with Gasteiger partial charge in [-0.1, -0.05) is 0 Å². The number of aromatic nitrogens is 3. The molecule has 0 amide bonds. The summed E-state index contributed by atoms with van der Waals surface area (Å²) in [6.07, 6.45) is 1.96. The molecule has 21 heavy (non-hydrogen) atoms. The second-order valence-electron chi connectivity index (χ2n) is 4.93. The molecule has 2 aromatic rings. The summed E-state index contributed by atoms with van der Waals surface area (Å²) in [6.45, 7) is 5.37. The fourth-order valence-corrected chi connectivity index (χ4v) is 4.19. The largest absolute Gasteiger partial charge is 0.382 e. The van der Waals surface area contributed by atoms with E-state index in [1.165, 1.54) is 0 Å². The minimum atomic E-state index is -3.37. The van der Waals surface area contributed by atoms with Gasteiger partial charge in [-0.25, -0.2) is 8.42 Å². The van der Waals surface area contributed by atoms with Gasteiger partial charge in [0.05, 0.1) is 5.69 Å². The summed E-state index contributed by atoms with van der Waals surface area (Å²) in [4.78, 5) is 0.0959. The fraction of sp³-hybridized carbons (Fsp3) is 0.500. The Labute approximate surface area is 128 Å². The standard InChI is InChI=1S/C12H19N5O2S2/c1-8-7-9(2)17(15-8)6-4-5-14-12-10(21(3,18)19)11(13)16-20-12/h7,14H,4-6H2,1-3H3,(H2,13,16). The van der Waals surface area contributed by atoms with Gasteiger partial charge in [-0.15, -0.1) is 0 Å². The van der Waals surface area contributed by atoms with Crippen LogP contribution in [0.25, 0.3) is 0 Å². The van der Waals surface area contributed by atoms with E-state index in [1.807, 2.05) is 24.6 Å². The summed E-state index contributed by atoms with van der Waals surface area (Å²) in [7, 11) is -3.37. The van der Waals surface area contributed by atoms with E-state index in [0.717, 1.165) is 42.1 Å². The highest BCUT2D eigenvalue weighted by Crippen LogP contribution is 2.31. The van der Waals surface area contributed by atoms with Crippen LogP contribution in [0, 0.1) is 13.8 Å². The highest BCUT2D eigenvalue weighted by Gasteiger charge is 2.20. The lowest BCUT2D eigenvalue weighted by Crippen LogP contribution is -2.10. The number of hydrogen-bond donors (Lipinski definition) is 2. The zero-order valence-electron chi connectivity index (χ0n) is 12.3. The van der Waals surface area contributed by atoms with Gasteiger partial charge in [0.25, 0.3) is 0 Å². The molecule has 0 spiro atoms. The molecule has 7 nitrogen and oxygen atoms in total. The molecule has 0 fully saturated rings. The van der Waals surface area contributed by atoms with Crippen LogP contribution < -0.4 is 11.1 Å². The summed E-state index contributed by atoms with van der Waals surface area (Å²) in [5.74, 6) is 0.0588. The number of nitrogen functional groups attached to an aromatic ring is 1. The van der Waals surface area contributed by atoms with Crippen LogP contribution in [0.4, 0.5) is 10.8 Å². The molecular weight excluding hydrogens is 310 g/mol. The molecule has 3 N–H and O–H groups in total. The molecule has 2 heterocycles. The molecule has 0 aromatic carbocycles. The third-order valence-corrected chi connectivity index (χ3v) is 5.08. The van der Waals surface area contributed by atoms with E-state index in [0.29, 0.717) is 11.5 Å². The molecule has 0 saturated carbocycles. The van der Waals surface area contributed by atoms with E-state index in [-0.39, 0.29) is 10.7 Å². The summed E-state index contributed by atoms with van der Waals surface area (Å²) in [6, 6.07) is 2.03. The third-order valence-electron chi connectivity index (χ3n) is 2.98. The maximum absolute atomic E-state index is 11.7. The van der Waals surface area contributed by atoms with Crippen molar-refractivity contribution in [3.63, 3.8) is 0 Å². The van der Waals surface area contributed by atoms with Crippen molar-refractivity contribution < 1.29 is 8.42 Å². The quantitative estimate of drug-likeness (QED) is 0.777. The van der Waals surface area contributed by atoms with Gasteiger partial charge in [-0.05, 0) is 37.9 Å². The summed E-state index contributed by atoms with van der Waals surface area (Å²) in [5.41, 5.74) is 7.72. The Kier molecular flexibility index (Phi) is 4.52. The second-order valence-corrected chi connectivity index (χ2v) is 7.65. The zero-order chi connectivity index (χ0) is 15.6. The smallest absolute Gasteiger partial charge is 0.182 e. The number of aryl methyl sites for hydroxylation is 3. The number of nitrogens with zero attached hydrogens (tertiary/aromatic N) is 3. The summed E-state index contributed by atoms with van der Waals surface area (Å²) >= 11 is 1.07. The van der Waals surface area contributed by atoms with E-state index in [4.69, 9.17) is 5.73 Å². The van der Waals surface area contributed by atoms with Gasteiger partial charge in [-0.2, -0.15) is 9.47 Å². The number of nitrogens with one attached hydrogen (secondary N) is 1. The number of hydrogen-bond acceptors (Lipinski definition) is 7. The van der Waals surface area contributed by atoms with Gasteiger partial charge in [-0.3, -0.25) is 4.68 Å². The number of rotatable bonds is 6. The fourth-order valence-electron chi connectivity index (χ4n) is 2.10. The SMILES string of the molecule is Cc1cc(C)n(CCCNc2snc(N)c2S(C)(=O)=O)n1. The van der Waals surface area contributed by atoms with Gasteiger partial charge < -0.3 is 11.1 Å². The van der Waals surface area contributed by atoms with Crippen LogP contribution in [0.5, 0.6) is 0 Å². The average Bonchev–Trinajstić information content (AvgIpc) is 2.87. The highest BCUT2D eigenvalue weighted by molar-refractivity contribution is 7.91. The number of nitrogens with two attached hydrogens (primary N) is 1. The van der Waals surface area contributed by atoms with Crippen LogP contribution in [0.1, 0.15) is 17.8 Å².